The Morgan fingerprint density at radius 2 is 1.90 bits per heavy atom. The molecule has 0 fully saturated rings. The van der Waals surface area contributed by atoms with Gasteiger partial charge in [-0.25, -0.2) is 4.79 Å². The number of nitriles is 1. The van der Waals surface area contributed by atoms with Crippen LogP contribution in [0.25, 0.3) is 10.9 Å². The summed E-state index contributed by atoms with van der Waals surface area (Å²) in [6.45, 7) is 2.08. The molecule has 5 rings (SSSR count). The van der Waals surface area contributed by atoms with Gasteiger partial charge in [0, 0.05) is 23.5 Å². The number of carbonyl (C=O) groups is 1. The van der Waals surface area contributed by atoms with Crippen LogP contribution in [0.1, 0.15) is 58.2 Å². The number of halogens is 1. The predicted octanol–water partition coefficient (Wildman–Crippen LogP) is 6.34. The number of pyridine rings is 1. The molecule has 194 valence electrons. The van der Waals surface area contributed by atoms with Crippen LogP contribution in [0.15, 0.2) is 79.1 Å². The molecule has 0 aliphatic rings. The summed E-state index contributed by atoms with van der Waals surface area (Å²) in [4.78, 5) is 16.1. The molecule has 3 aromatic carbocycles. The van der Waals surface area contributed by atoms with Crippen molar-refractivity contribution in [3.63, 3.8) is 0 Å². The number of rotatable bonds is 9. The van der Waals surface area contributed by atoms with Crippen molar-refractivity contribution in [3.8, 4) is 6.07 Å². The Labute approximate surface area is 229 Å². The lowest BCUT2D eigenvalue weighted by Crippen LogP contribution is -2.14. The molecule has 0 aliphatic carbocycles. The van der Waals surface area contributed by atoms with E-state index in [0.29, 0.717) is 44.1 Å². The van der Waals surface area contributed by atoms with E-state index in [1.165, 1.54) is 12.3 Å². The predicted molar refractivity (Wildman–Crippen MR) is 150 cm³/mol. The lowest BCUT2D eigenvalue weighted by Gasteiger charge is -2.22. The lowest BCUT2D eigenvalue weighted by molar-refractivity contribution is 0.0696. The Morgan fingerprint density at radius 3 is 2.59 bits per heavy atom. The van der Waals surface area contributed by atoms with Gasteiger partial charge in [0.1, 0.15) is 11.8 Å². The molecule has 10 heteroatoms. The van der Waals surface area contributed by atoms with Crippen LogP contribution in [0.5, 0.6) is 0 Å². The van der Waals surface area contributed by atoms with Crippen LogP contribution < -0.4 is 10.6 Å². The number of fused-ring (bicyclic) bond motifs is 1. The quantitative estimate of drug-likeness (QED) is 0.171. The summed E-state index contributed by atoms with van der Waals surface area (Å²) in [7, 11) is 0. The van der Waals surface area contributed by atoms with Crippen LogP contribution >= 0.6 is 11.6 Å². The van der Waals surface area contributed by atoms with Crippen LogP contribution in [0.2, 0.25) is 5.02 Å². The maximum Gasteiger partial charge on any atom is 0.335 e. The highest BCUT2D eigenvalue weighted by Gasteiger charge is 2.21. The summed E-state index contributed by atoms with van der Waals surface area (Å²) in [5, 5.41) is 38.2. The topological polar surface area (TPSA) is 140 Å². The fourth-order valence-electron chi connectivity index (χ4n) is 4.56. The Morgan fingerprint density at radius 1 is 1.10 bits per heavy atom. The van der Waals surface area contributed by atoms with Gasteiger partial charge in [0.05, 0.1) is 39.4 Å². The molecule has 9 nitrogen and oxygen atoms in total. The SMILES string of the molecule is CCC(Nc1c(C#N)cnc2c(Cl)cc(NC(c3cccc(C(=O)O)c3)c3c[nH]nn3)cc12)c1ccccc1. The van der Waals surface area contributed by atoms with Gasteiger partial charge in [-0.15, -0.1) is 5.10 Å². The highest BCUT2D eigenvalue weighted by atomic mass is 35.5. The first-order valence-corrected chi connectivity index (χ1v) is 12.7. The molecule has 2 unspecified atom stereocenters. The van der Waals surface area contributed by atoms with Crippen molar-refractivity contribution in [1.82, 2.24) is 20.4 Å². The summed E-state index contributed by atoms with van der Waals surface area (Å²) in [6.07, 6.45) is 3.96. The molecule has 39 heavy (non-hydrogen) atoms. The molecular formula is C29H24ClN7O2. The number of anilines is 2. The second-order valence-electron chi connectivity index (χ2n) is 8.94. The molecule has 0 saturated heterocycles. The van der Waals surface area contributed by atoms with E-state index in [9.17, 15) is 15.2 Å². The molecule has 0 radical (unpaired) electrons. The first kappa shape index (κ1) is 25.7. The maximum atomic E-state index is 11.6. The number of hydrogen-bond donors (Lipinski definition) is 4. The molecule has 2 heterocycles. The van der Waals surface area contributed by atoms with E-state index in [4.69, 9.17) is 11.6 Å². The molecule has 0 aliphatic heterocycles. The number of carboxylic acids is 1. The summed E-state index contributed by atoms with van der Waals surface area (Å²) < 4.78 is 0. The van der Waals surface area contributed by atoms with Crippen molar-refractivity contribution in [3.05, 3.63) is 112 Å². The number of aromatic carboxylic acids is 1. The third kappa shape index (κ3) is 5.37. The average Bonchev–Trinajstić information content (AvgIpc) is 3.50. The lowest BCUT2D eigenvalue weighted by atomic mass is 10.0. The van der Waals surface area contributed by atoms with Gasteiger partial charge in [-0.05, 0) is 41.8 Å². The Hall–Kier alpha value is -4.94. The van der Waals surface area contributed by atoms with E-state index in [-0.39, 0.29) is 11.6 Å². The summed E-state index contributed by atoms with van der Waals surface area (Å²) in [5.74, 6) is -1.03. The molecule has 5 aromatic rings. The van der Waals surface area contributed by atoms with Crippen molar-refractivity contribution >= 4 is 39.8 Å². The molecule has 0 bridgehead atoms. The highest BCUT2D eigenvalue weighted by Crippen LogP contribution is 2.37. The molecular weight excluding hydrogens is 514 g/mol. The number of benzene rings is 3. The van der Waals surface area contributed by atoms with Crippen molar-refractivity contribution in [2.45, 2.75) is 25.4 Å². The van der Waals surface area contributed by atoms with E-state index in [0.717, 1.165) is 12.0 Å². The number of H-pyrrole nitrogens is 1. The van der Waals surface area contributed by atoms with Gasteiger partial charge in [-0.2, -0.15) is 5.26 Å². The number of aromatic nitrogens is 4. The first-order valence-electron chi connectivity index (χ1n) is 12.3. The van der Waals surface area contributed by atoms with E-state index in [1.54, 1.807) is 24.4 Å². The molecule has 2 aromatic heterocycles. The third-order valence-electron chi connectivity index (χ3n) is 6.48. The van der Waals surface area contributed by atoms with Gasteiger partial charge < -0.3 is 15.7 Å². The number of nitrogens with one attached hydrogen (secondary N) is 3. The van der Waals surface area contributed by atoms with Crippen molar-refractivity contribution in [2.75, 3.05) is 10.6 Å². The number of carboxylic acid groups (broad SMARTS) is 1. The van der Waals surface area contributed by atoms with Crippen LogP contribution in [0.4, 0.5) is 11.4 Å². The first-order chi connectivity index (χ1) is 19.0. The van der Waals surface area contributed by atoms with Crippen molar-refractivity contribution in [1.29, 1.82) is 5.26 Å². The van der Waals surface area contributed by atoms with Crippen molar-refractivity contribution < 1.29 is 9.90 Å². The smallest absolute Gasteiger partial charge is 0.335 e. The van der Waals surface area contributed by atoms with Gasteiger partial charge in [-0.1, -0.05) is 66.2 Å². The van der Waals surface area contributed by atoms with Crippen LogP contribution in [0, 0.1) is 11.3 Å². The molecule has 0 saturated carbocycles. The zero-order valence-corrected chi connectivity index (χ0v) is 21.6. The summed E-state index contributed by atoms with van der Waals surface area (Å²) in [6, 6.07) is 21.9. The minimum Gasteiger partial charge on any atom is -0.478 e. The highest BCUT2D eigenvalue weighted by molar-refractivity contribution is 6.35. The van der Waals surface area contributed by atoms with Crippen LogP contribution in [0.3, 0.4) is 0 Å². The van der Waals surface area contributed by atoms with Gasteiger partial charge in [0.15, 0.2) is 0 Å². The third-order valence-corrected chi connectivity index (χ3v) is 6.77. The number of aromatic amines is 1. The standard InChI is InChI=1S/C29H24ClN7O2/c1-2-24(17-7-4-3-5-8-17)35-26-20(14-31)15-32-28-22(26)12-21(13-23(28)30)34-27(25-16-33-37-36-25)18-9-6-10-19(11-18)29(38)39/h3-13,15-16,24,27,34H,2H2,1H3,(H,32,35)(H,38,39)(H,33,36,37). The average molecular weight is 538 g/mol. The number of nitrogens with zero attached hydrogens (tertiary/aromatic N) is 4. The van der Waals surface area contributed by atoms with Crippen LogP contribution in [-0.4, -0.2) is 31.5 Å². The molecule has 0 spiro atoms. The normalized spacial score (nSPS) is 12.4. The van der Waals surface area contributed by atoms with Gasteiger partial charge in [0.2, 0.25) is 0 Å². The number of hydrogen-bond acceptors (Lipinski definition) is 7. The van der Waals surface area contributed by atoms with Crippen molar-refractivity contribution in [2.24, 2.45) is 0 Å². The summed E-state index contributed by atoms with van der Waals surface area (Å²) in [5.41, 5.74) is 4.70. The van der Waals surface area contributed by atoms with Gasteiger partial charge >= 0.3 is 5.97 Å². The molecule has 2 atom stereocenters. The monoisotopic (exact) mass is 537 g/mol. The maximum absolute atomic E-state index is 11.6. The van der Waals surface area contributed by atoms with E-state index in [1.807, 2.05) is 42.5 Å². The second kappa shape index (κ2) is 11.2. The zero-order valence-electron chi connectivity index (χ0n) is 20.9. The largest absolute Gasteiger partial charge is 0.478 e. The van der Waals surface area contributed by atoms with Crippen LogP contribution in [-0.2, 0) is 0 Å². The minimum absolute atomic E-state index is 0.0408. The molecule has 0 amide bonds. The minimum atomic E-state index is -1.03. The fraction of sp³-hybridized carbons (Fsp3) is 0.138. The summed E-state index contributed by atoms with van der Waals surface area (Å²) >= 11 is 6.71. The Bertz CT molecular complexity index is 1670. The van der Waals surface area contributed by atoms with E-state index in [2.05, 4.69) is 44.0 Å². The van der Waals surface area contributed by atoms with Gasteiger partial charge in [0.25, 0.3) is 0 Å². The van der Waals surface area contributed by atoms with E-state index < -0.39 is 12.0 Å². The fourth-order valence-corrected chi connectivity index (χ4v) is 4.83. The molecule has 4 N–H and O–H groups in total. The Kier molecular flexibility index (Phi) is 7.39. The van der Waals surface area contributed by atoms with E-state index >= 15 is 0 Å². The second-order valence-corrected chi connectivity index (χ2v) is 9.34. The Balaban J connectivity index is 1.60. The van der Waals surface area contributed by atoms with Gasteiger partial charge in [-0.3, -0.25) is 10.1 Å². The zero-order chi connectivity index (χ0) is 27.4.